The third kappa shape index (κ3) is 4.97. The number of hydrogen-bond acceptors (Lipinski definition) is 5. The van der Waals surface area contributed by atoms with Gasteiger partial charge in [0.25, 0.3) is 0 Å². The topological polar surface area (TPSA) is 81.7 Å². The van der Waals surface area contributed by atoms with Gasteiger partial charge < -0.3 is 9.47 Å². The molecule has 0 unspecified atom stereocenters. The normalized spacial score (nSPS) is 11.2. The van der Waals surface area contributed by atoms with E-state index < -0.39 is 16.0 Å². The maximum Gasteiger partial charge on any atom is 0.339 e. The Morgan fingerprint density at radius 3 is 2.58 bits per heavy atom. The fraction of sp³-hybridized carbons (Fsp3) is 0.278. The molecule has 0 aliphatic carbocycles. The molecule has 26 heavy (non-hydrogen) atoms. The Morgan fingerprint density at radius 1 is 1.15 bits per heavy atom. The minimum Gasteiger partial charge on any atom is -0.496 e. The molecule has 0 radical (unpaired) electrons. The predicted octanol–water partition coefficient (Wildman–Crippen LogP) is 3.05. The van der Waals surface area contributed by atoms with Gasteiger partial charge in [0.1, 0.15) is 5.75 Å². The van der Waals surface area contributed by atoms with Crippen LogP contribution >= 0.6 is 11.6 Å². The van der Waals surface area contributed by atoms with Crippen LogP contribution in [0.15, 0.2) is 47.4 Å². The van der Waals surface area contributed by atoms with Crippen LogP contribution in [0, 0.1) is 0 Å². The van der Waals surface area contributed by atoms with Gasteiger partial charge in [-0.25, -0.2) is 17.9 Å². The van der Waals surface area contributed by atoms with Gasteiger partial charge in [0.2, 0.25) is 10.0 Å². The van der Waals surface area contributed by atoms with E-state index in [1.54, 1.807) is 7.11 Å². The molecule has 2 rings (SSSR count). The molecule has 0 bridgehead atoms. The predicted molar refractivity (Wildman–Crippen MR) is 99.3 cm³/mol. The lowest BCUT2D eigenvalue weighted by Gasteiger charge is -2.10. The van der Waals surface area contributed by atoms with Crippen LogP contribution in [-0.2, 0) is 21.2 Å². The molecule has 0 saturated carbocycles. The van der Waals surface area contributed by atoms with Crippen molar-refractivity contribution in [3.05, 3.63) is 58.6 Å². The Morgan fingerprint density at radius 2 is 1.88 bits per heavy atom. The van der Waals surface area contributed by atoms with Crippen molar-refractivity contribution >= 4 is 27.6 Å². The lowest BCUT2D eigenvalue weighted by atomic mass is 10.1. The number of halogens is 1. The summed E-state index contributed by atoms with van der Waals surface area (Å²) in [5.74, 6) is 0.0824. The summed E-state index contributed by atoms with van der Waals surface area (Å²) in [5, 5.41) is 0.131. The standard InChI is InChI=1S/C18H20ClNO5S/c1-24-17-8-4-3-6-13(17)7-5-11-20-26(22,23)14-9-10-16(19)15(12-14)18(21)25-2/h3-4,6,8-10,12,20H,5,7,11H2,1-2H3. The summed E-state index contributed by atoms with van der Waals surface area (Å²) in [6, 6.07) is 11.5. The minimum atomic E-state index is -3.76. The third-order valence-electron chi connectivity index (χ3n) is 3.76. The van der Waals surface area contributed by atoms with Crippen molar-refractivity contribution in [2.24, 2.45) is 0 Å². The number of benzene rings is 2. The van der Waals surface area contributed by atoms with E-state index in [0.717, 1.165) is 11.3 Å². The van der Waals surface area contributed by atoms with Crippen LogP contribution in [0.1, 0.15) is 22.3 Å². The highest BCUT2D eigenvalue weighted by Gasteiger charge is 2.18. The first-order chi connectivity index (χ1) is 12.4. The van der Waals surface area contributed by atoms with Crippen LogP contribution in [-0.4, -0.2) is 35.2 Å². The van der Waals surface area contributed by atoms with E-state index in [0.29, 0.717) is 12.8 Å². The van der Waals surface area contributed by atoms with Gasteiger partial charge in [-0.2, -0.15) is 0 Å². The molecule has 2 aromatic rings. The number of nitrogens with one attached hydrogen (secondary N) is 1. The van der Waals surface area contributed by atoms with Crippen molar-refractivity contribution in [1.82, 2.24) is 4.72 Å². The summed E-state index contributed by atoms with van der Waals surface area (Å²) >= 11 is 5.92. The van der Waals surface area contributed by atoms with Gasteiger partial charge in [-0.15, -0.1) is 0 Å². The number of hydrogen-bond donors (Lipinski definition) is 1. The molecule has 6 nitrogen and oxygen atoms in total. The molecule has 0 aliphatic heterocycles. The molecule has 8 heteroatoms. The zero-order valence-electron chi connectivity index (χ0n) is 14.5. The maximum atomic E-state index is 12.4. The molecule has 0 aliphatic rings. The molecule has 0 heterocycles. The van der Waals surface area contributed by atoms with Crippen LogP contribution in [0.25, 0.3) is 0 Å². The number of para-hydroxylation sites is 1. The fourth-order valence-corrected chi connectivity index (χ4v) is 3.71. The number of aryl methyl sites for hydroxylation is 1. The smallest absolute Gasteiger partial charge is 0.339 e. The van der Waals surface area contributed by atoms with Crippen LogP contribution < -0.4 is 9.46 Å². The van der Waals surface area contributed by atoms with Crippen molar-refractivity contribution in [3.63, 3.8) is 0 Å². The van der Waals surface area contributed by atoms with Crippen LogP contribution in [0.3, 0.4) is 0 Å². The Labute approximate surface area is 158 Å². The highest BCUT2D eigenvalue weighted by molar-refractivity contribution is 7.89. The van der Waals surface area contributed by atoms with E-state index in [9.17, 15) is 13.2 Å². The van der Waals surface area contributed by atoms with Gasteiger partial charge in [-0.1, -0.05) is 29.8 Å². The molecule has 0 atom stereocenters. The second kappa shape index (κ2) is 9.02. The Balaban J connectivity index is 2.02. The summed E-state index contributed by atoms with van der Waals surface area (Å²) in [5.41, 5.74) is 1.01. The summed E-state index contributed by atoms with van der Waals surface area (Å²) in [6.07, 6.45) is 1.26. The average Bonchev–Trinajstić information content (AvgIpc) is 2.65. The molecular weight excluding hydrogens is 378 g/mol. The van der Waals surface area contributed by atoms with Gasteiger partial charge in [0.15, 0.2) is 0 Å². The quantitative estimate of drug-likeness (QED) is 0.547. The van der Waals surface area contributed by atoms with Crippen molar-refractivity contribution in [1.29, 1.82) is 0 Å². The van der Waals surface area contributed by atoms with Crippen molar-refractivity contribution in [2.75, 3.05) is 20.8 Å². The van der Waals surface area contributed by atoms with Gasteiger partial charge in [-0.3, -0.25) is 0 Å². The number of ether oxygens (including phenoxy) is 2. The lowest BCUT2D eigenvalue weighted by Crippen LogP contribution is -2.25. The number of esters is 1. The van der Waals surface area contributed by atoms with Crippen molar-refractivity contribution in [3.8, 4) is 5.75 Å². The number of carbonyl (C=O) groups is 1. The summed E-state index contributed by atoms with van der Waals surface area (Å²) in [4.78, 5) is 11.6. The zero-order valence-corrected chi connectivity index (χ0v) is 16.1. The first-order valence-electron chi connectivity index (χ1n) is 7.88. The van der Waals surface area contributed by atoms with Crippen LogP contribution in [0.4, 0.5) is 0 Å². The second-order valence-corrected chi connectivity index (χ2v) is 7.62. The molecule has 0 saturated heterocycles. The lowest BCUT2D eigenvalue weighted by molar-refractivity contribution is 0.0600. The highest BCUT2D eigenvalue weighted by Crippen LogP contribution is 2.22. The number of sulfonamides is 1. The zero-order chi connectivity index (χ0) is 19.2. The Kier molecular flexibility index (Phi) is 7.02. The van der Waals surface area contributed by atoms with E-state index in [2.05, 4.69) is 9.46 Å². The van der Waals surface area contributed by atoms with E-state index >= 15 is 0 Å². The largest absolute Gasteiger partial charge is 0.496 e. The molecule has 1 N–H and O–H groups in total. The number of rotatable bonds is 8. The third-order valence-corrected chi connectivity index (χ3v) is 5.55. The highest BCUT2D eigenvalue weighted by atomic mass is 35.5. The molecule has 0 aromatic heterocycles. The SMILES string of the molecule is COC(=O)c1cc(S(=O)(=O)NCCCc2ccccc2OC)ccc1Cl. The monoisotopic (exact) mass is 397 g/mol. The fourth-order valence-electron chi connectivity index (χ4n) is 2.42. The first-order valence-corrected chi connectivity index (χ1v) is 9.74. The van der Waals surface area contributed by atoms with Gasteiger partial charge in [0.05, 0.1) is 29.7 Å². The maximum absolute atomic E-state index is 12.4. The van der Waals surface area contributed by atoms with E-state index in [4.69, 9.17) is 16.3 Å². The van der Waals surface area contributed by atoms with Crippen molar-refractivity contribution < 1.29 is 22.7 Å². The molecule has 0 amide bonds. The average molecular weight is 398 g/mol. The van der Waals surface area contributed by atoms with E-state index in [-0.39, 0.29) is 22.0 Å². The van der Waals surface area contributed by atoms with Crippen molar-refractivity contribution in [2.45, 2.75) is 17.7 Å². The molecule has 2 aromatic carbocycles. The van der Waals surface area contributed by atoms with Gasteiger partial charge >= 0.3 is 5.97 Å². The van der Waals surface area contributed by atoms with E-state index in [1.165, 1.54) is 25.3 Å². The number of methoxy groups -OCH3 is 2. The Hall–Kier alpha value is -2.09. The van der Waals surface area contributed by atoms with E-state index in [1.807, 2.05) is 24.3 Å². The van der Waals surface area contributed by atoms with Crippen LogP contribution in [0.5, 0.6) is 5.75 Å². The summed E-state index contributed by atoms with van der Waals surface area (Å²) < 4.78 is 37.2. The Bertz CT molecular complexity index is 883. The molecular formula is C18H20ClNO5S. The summed E-state index contributed by atoms with van der Waals surface area (Å²) in [6.45, 7) is 0.247. The molecule has 0 spiro atoms. The van der Waals surface area contributed by atoms with Crippen LogP contribution in [0.2, 0.25) is 5.02 Å². The first kappa shape index (κ1) is 20.2. The molecule has 0 fully saturated rings. The number of carbonyl (C=O) groups excluding carboxylic acids is 1. The van der Waals surface area contributed by atoms with Gasteiger partial charge in [0, 0.05) is 6.54 Å². The summed E-state index contributed by atoms with van der Waals surface area (Å²) in [7, 11) is -0.957. The molecule has 140 valence electrons. The second-order valence-electron chi connectivity index (χ2n) is 5.45. The minimum absolute atomic E-state index is 0.00561. The van der Waals surface area contributed by atoms with Gasteiger partial charge in [-0.05, 0) is 42.7 Å².